The number of nitrogens with zero attached hydrogens (tertiary/aromatic N) is 7. The largest absolute Gasteiger partial charge is 0.480 e. The van der Waals surface area contributed by atoms with Crippen LogP contribution in [-0.4, -0.2) is 224 Å². The molecule has 0 radical (unpaired) electrons. The van der Waals surface area contributed by atoms with Gasteiger partial charge in [0, 0.05) is 191 Å². The maximum absolute atomic E-state index is 14.0. The van der Waals surface area contributed by atoms with Gasteiger partial charge in [0.25, 0.3) is 37.9 Å². The molecule has 0 aliphatic rings. The summed E-state index contributed by atoms with van der Waals surface area (Å²) in [5.41, 5.74) is 2.56. The Kier molecular flexibility index (Phi) is 41.8. The number of benzene rings is 5. The lowest BCUT2D eigenvalue weighted by molar-refractivity contribution is -0.139. The second kappa shape index (κ2) is 54.2. The number of carbonyl (C=O) groups is 11. The monoisotopic (exact) mass is 2060 g/mol. The molecule has 774 valence electrons. The Morgan fingerprint density at radius 2 is 0.959 bits per heavy atom. The van der Waals surface area contributed by atoms with Crippen molar-refractivity contribution >= 4 is 135 Å². The number of anilines is 2. The lowest BCUT2D eigenvalue weighted by Crippen LogP contribution is -2.49. The zero-order valence-corrected chi connectivity index (χ0v) is 83.0. The van der Waals surface area contributed by atoms with Crippen LogP contribution in [0.1, 0.15) is 158 Å². The number of rotatable bonds is 59. The van der Waals surface area contributed by atoms with Gasteiger partial charge >= 0.3 is 11.9 Å². The molecule has 0 saturated carbocycles. The van der Waals surface area contributed by atoms with E-state index in [9.17, 15) is 102 Å². The lowest BCUT2D eigenvalue weighted by atomic mass is 10.1. The Morgan fingerprint density at radius 3 is 1.41 bits per heavy atom. The van der Waals surface area contributed by atoms with Gasteiger partial charge in [-0.3, -0.25) is 66.8 Å². The first-order valence-corrected chi connectivity index (χ1v) is 50.8. The van der Waals surface area contributed by atoms with Gasteiger partial charge in [-0.25, -0.2) is 36.6 Å². The number of nitrogens with one attached hydrogen (secondary N) is 15. The van der Waals surface area contributed by atoms with E-state index in [-0.39, 0.29) is 197 Å². The third-order valence-corrected chi connectivity index (χ3v) is 26.8. The summed E-state index contributed by atoms with van der Waals surface area (Å²) in [6.07, 6.45) is 12.0. The number of amides is 9. The predicted molar refractivity (Wildman–Crippen MR) is 532 cm³/mol. The van der Waals surface area contributed by atoms with Gasteiger partial charge in [0.05, 0.1) is 37.8 Å². The van der Waals surface area contributed by atoms with Crippen LogP contribution in [0.15, 0.2) is 187 Å². The van der Waals surface area contributed by atoms with E-state index in [0.717, 1.165) is 22.3 Å². The van der Waals surface area contributed by atoms with Gasteiger partial charge in [0.2, 0.25) is 56.3 Å². The molecule has 46 nitrogen and oxygen atoms in total. The van der Waals surface area contributed by atoms with Crippen molar-refractivity contribution in [3.63, 3.8) is 0 Å². The first-order chi connectivity index (χ1) is 69.2. The molecule has 0 aliphatic heterocycles. The number of aromatic nitrogens is 7. The van der Waals surface area contributed by atoms with Crippen LogP contribution in [0, 0.1) is 41.5 Å². The van der Waals surface area contributed by atoms with E-state index in [1.54, 1.807) is 136 Å². The Labute approximate surface area is 834 Å². The molecule has 10 rings (SSSR count). The standard InChI is InChI=1S/C96H118N22O24S3/c1-59-45-61(3)87(62(4)46-59)143(134,135)115-74(93(130)131)55-108-90(127)71-57-117(76-49-65(17-20-69(76)85(71)124)51-110-95-103-35-36-104-95)39-9-29-97-81(120)25-27-83(122)100-32-12-42-141-41-11-31-99-80(119)24-22-73(113-89(126)68-19-23-79(107-53-68)114-112-54-67-15-7-8-16-78(67)145(138,139)140)92(129)102-34-14-44-142-43-13-33-101-84(123)28-26-82(121)98-30-10-40-118-58-72(86(125)70-21-18-66(50-77(70)118)52-111-96-105-37-38-106-96)91(128)109-56-75(94(132)133)116-144(136,137)88-63(5)47-60(2)48-64(88)6/h7-8,15-21,23,35-38,45-50,53,56-58,73-74,115-116H,9-14,22,24-34,39-44,51-52,54-55H2,1-6H3,(H,97,120)(H,98,121)(H,99,119)(H,100,122)(H,101,123)(H,102,129)(H,108,127)(H,109,128)(H,113,126)(H,130,131)(H,132,133)(H2,103,104,110)(H2,105,106,111)(H,138,139,140)/t73?,74-/m0/s1. The molecular formula is C96H118N22O24S3. The second-order valence-corrected chi connectivity index (χ2v) is 38.5. The number of pyridine rings is 3. The first-order valence-electron chi connectivity index (χ1n) is 46.4. The van der Waals surface area contributed by atoms with Crippen molar-refractivity contribution in [3.8, 4) is 0 Å². The second-order valence-electron chi connectivity index (χ2n) is 33.9. The number of aryl methyl sites for hydroxylation is 8. The van der Waals surface area contributed by atoms with Crippen molar-refractivity contribution in [1.82, 2.24) is 91.3 Å². The number of carbonyl (C=O) groups excluding carboxylic acids is 9. The summed E-state index contributed by atoms with van der Waals surface area (Å²) in [6, 6.07) is 21.8. The first kappa shape index (κ1) is 112. The summed E-state index contributed by atoms with van der Waals surface area (Å²) >= 11 is 0. The molecule has 0 bridgehead atoms. The van der Waals surface area contributed by atoms with Crippen molar-refractivity contribution < 1.29 is 102 Å². The van der Waals surface area contributed by atoms with Gasteiger partial charge < -0.3 is 97.3 Å². The molecular weight excluding hydrogens is 1940 g/mol. The highest BCUT2D eigenvalue weighted by atomic mass is 32.2. The number of hydrogen-bond acceptors (Lipinski definition) is 28. The van der Waals surface area contributed by atoms with Gasteiger partial charge in [-0.2, -0.15) is 18.3 Å². The maximum atomic E-state index is 14.0. The van der Waals surface area contributed by atoms with E-state index < -0.39 is 130 Å². The van der Waals surface area contributed by atoms with Crippen LogP contribution in [0.3, 0.4) is 0 Å². The fourth-order valence-electron chi connectivity index (χ4n) is 15.5. The van der Waals surface area contributed by atoms with Gasteiger partial charge in [-0.1, -0.05) is 65.7 Å². The average molecular weight is 2060 g/mol. The number of carboxylic acids is 2. The minimum Gasteiger partial charge on any atom is -0.480 e. The van der Waals surface area contributed by atoms with Gasteiger partial charge in [-0.15, -0.1) is 5.11 Å². The fraction of sp³-hybridized carbons (Fsp3) is 0.375. The summed E-state index contributed by atoms with van der Waals surface area (Å²) in [5.74, 6) is -7.70. The van der Waals surface area contributed by atoms with Crippen molar-refractivity contribution in [2.45, 2.75) is 178 Å². The highest BCUT2D eigenvalue weighted by molar-refractivity contribution is 7.90. The molecule has 0 aliphatic carbocycles. The van der Waals surface area contributed by atoms with Crippen molar-refractivity contribution in [3.05, 3.63) is 240 Å². The summed E-state index contributed by atoms with van der Waals surface area (Å²) in [5, 5.41) is 58.5. The molecule has 5 aromatic carbocycles. The third-order valence-electron chi connectivity index (χ3n) is 22.4. The van der Waals surface area contributed by atoms with Crippen LogP contribution in [-0.2, 0) is 111 Å². The molecule has 5 aromatic heterocycles. The van der Waals surface area contributed by atoms with Crippen molar-refractivity contribution in [1.29, 1.82) is 0 Å². The number of ether oxygens (including phenoxy) is 2. The Morgan fingerprint density at radius 1 is 0.503 bits per heavy atom. The third kappa shape index (κ3) is 34.5. The number of fused-ring (bicyclic) bond motifs is 2. The molecule has 145 heavy (non-hydrogen) atoms. The van der Waals surface area contributed by atoms with Crippen molar-refractivity contribution in [2.24, 2.45) is 10.2 Å². The van der Waals surface area contributed by atoms with Crippen LogP contribution in [0.25, 0.3) is 21.8 Å². The normalized spacial score (nSPS) is 12.1. The maximum Gasteiger partial charge on any atom is 0.354 e. The van der Waals surface area contributed by atoms with Crippen LogP contribution in [0.5, 0.6) is 0 Å². The number of carboxylic acid groups (broad SMARTS) is 2. The topological polar surface area (TPSA) is 665 Å². The fourth-order valence-corrected chi connectivity index (χ4v) is 19.4. The minimum atomic E-state index is -4.55. The number of aromatic amines is 2. The molecule has 18 N–H and O–H groups in total. The smallest absolute Gasteiger partial charge is 0.354 e. The number of sulfonamides is 2. The molecule has 2 atom stereocenters. The number of imidazole rings is 2. The van der Waals surface area contributed by atoms with Crippen LogP contribution in [0.4, 0.5) is 17.7 Å². The zero-order chi connectivity index (χ0) is 105. The number of aliphatic carboxylic acids is 2. The van der Waals surface area contributed by atoms with Crippen LogP contribution in [0.2, 0.25) is 0 Å². The summed E-state index contributed by atoms with van der Waals surface area (Å²) in [7, 11) is -13.4. The van der Waals surface area contributed by atoms with E-state index in [2.05, 4.69) is 98.4 Å². The minimum absolute atomic E-state index is 0.0105. The molecule has 5 heterocycles. The summed E-state index contributed by atoms with van der Waals surface area (Å²) < 4.78 is 106. The summed E-state index contributed by atoms with van der Waals surface area (Å²) in [6.45, 7) is 11.6. The molecule has 0 saturated heterocycles. The molecule has 49 heteroatoms. The SMILES string of the molecule is Cc1cc(C)c(S(=O)(=O)NC(=CNC(=O)c2cn(CCCNC(=O)CCC(=O)NCCCOCCCNC(=O)C(CCC(=O)NCCCOCCCNC(=O)CCC(=O)NCCCn3cc(C(=O)NC[C@H](NS(=O)(=O)c4c(C)cc(C)cc4C)C(=O)O)c(=O)c4ccc(CNc5ncc[nH]5)cc43)NC(=O)c3ccc(N=NCc4ccccc4S(=O)(=O)O)nc3)c3cc(CNc4ncc[nH]4)ccc3c2=O)C(=O)O)c(C)c1. The molecule has 0 spiro atoms. The quantitative estimate of drug-likeness (QED) is 0.00972. The summed E-state index contributed by atoms with van der Waals surface area (Å²) in [4.78, 5) is 190. The van der Waals surface area contributed by atoms with Crippen LogP contribution < -0.4 is 78.8 Å². The number of H-pyrrole nitrogens is 2. The van der Waals surface area contributed by atoms with Crippen molar-refractivity contribution in [2.75, 3.05) is 82.9 Å². The highest BCUT2D eigenvalue weighted by Crippen LogP contribution is 2.27. The lowest BCUT2D eigenvalue weighted by Gasteiger charge is -2.19. The Bertz CT molecular complexity index is 6850. The molecule has 10 aromatic rings. The van der Waals surface area contributed by atoms with E-state index in [0.29, 0.717) is 83.6 Å². The Balaban J connectivity index is 0.619. The number of azo groups is 1. The van der Waals surface area contributed by atoms with E-state index in [1.165, 1.54) is 55.0 Å². The van der Waals surface area contributed by atoms with E-state index >= 15 is 0 Å². The van der Waals surface area contributed by atoms with Gasteiger partial charge in [0.15, 0.2) is 23.4 Å². The van der Waals surface area contributed by atoms with E-state index in [1.807, 2.05) is 4.72 Å². The van der Waals surface area contributed by atoms with Gasteiger partial charge in [-0.05, 0) is 168 Å². The van der Waals surface area contributed by atoms with Gasteiger partial charge in [0.1, 0.15) is 23.2 Å². The number of hydrogen-bond donors (Lipinski definition) is 18. The molecule has 1 unspecified atom stereocenters. The average Bonchev–Trinajstić information content (AvgIpc) is 0.894. The van der Waals surface area contributed by atoms with E-state index in [4.69, 9.17) is 9.47 Å². The molecule has 0 fully saturated rings. The van der Waals surface area contributed by atoms with Crippen LogP contribution >= 0.6 is 0 Å². The molecule has 9 amide bonds. The highest BCUT2D eigenvalue weighted by Gasteiger charge is 2.32. The Hall–Kier alpha value is -15.3. The zero-order valence-electron chi connectivity index (χ0n) is 80.6. The predicted octanol–water partition coefficient (Wildman–Crippen LogP) is 5.47.